The van der Waals surface area contributed by atoms with Gasteiger partial charge in [0, 0.05) is 42.9 Å². The smallest absolute Gasteiger partial charge is 0.184 e. The van der Waals surface area contributed by atoms with Gasteiger partial charge in [-0.25, -0.2) is 13.4 Å². The number of aryl methyl sites for hydroxylation is 1. The number of rotatable bonds is 8. The number of benzene rings is 2. The van der Waals surface area contributed by atoms with Crippen molar-refractivity contribution in [1.82, 2.24) is 20.3 Å². The molecule has 3 heterocycles. The van der Waals surface area contributed by atoms with Gasteiger partial charge in [-0.05, 0) is 72.0 Å². The Labute approximate surface area is 228 Å². The number of nitrogens with one attached hydrogen (secondary N) is 1. The number of hydrogen-bond acceptors (Lipinski definition) is 7. The Morgan fingerprint density at radius 3 is 2.64 bits per heavy atom. The van der Waals surface area contributed by atoms with E-state index in [2.05, 4.69) is 32.4 Å². The maximum atomic E-state index is 13.1. The van der Waals surface area contributed by atoms with Crippen molar-refractivity contribution in [3.8, 4) is 0 Å². The highest BCUT2D eigenvalue weighted by molar-refractivity contribution is 7.90. The van der Waals surface area contributed by atoms with E-state index in [4.69, 9.17) is 0 Å². The standard InChI is InChI=1S/C31H30N4O3S/c1-20-15-33-16-24-3-2-21(12-27(20)24)13-31(36)29-14-28(29)22-4-6-26(7-5-22)39(37,38)19-25-17-34-18-30(35-25)23-8-10-32-11-9-23/h2-8,12,15-18,28-29,32H,9-11,13-14,19H2,1H3/t28?,29-/m1/s1. The quantitative estimate of drug-likeness (QED) is 0.350. The second kappa shape index (κ2) is 10.4. The van der Waals surface area contributed by atoms with Gasteiger partial charge in [0.05, 0.1) is 28.2 Å². The molecule has 1 fully saturated rings. The molecule has 2 aromatic heterocycles. The zero-order valence-corrected chi connectivity index (χ0v) is 22.6. The number of sulfone groups is 1. The molecule has 0 bridgehead atoms. The highest BCUT2D eigenvalue weighted by Crippen LogP contribution is 2.48. The number of hydrogen-bond donors (Lipinski definition) is 1. The predicted octanol–water partition coefficient (Wildman–Crippen LogP) is 4.60. The summed E-state index contributed by atoms with van der Waals surface area (Å²) in [4.78, 5) is 26.3. The highest BCUT2D eigenvalue weighted by Gasteiger charge is 2.43. The molecule has 1 unspecified atom stereocenters. The number of carbonyl (C=O) groups is 1. The lowest BCUT2D eigenvalue weighted by atomic mass is 9.99. The van der Waals surface area contributed by atoms with E-state index in [1.165, 1.54) is 6.20 Å². The molecule has 0 radical (unpaired) electrons. The van der Waals surface area contributed by atoms with E-state index in [1.54, 1.807) is 18.3 Å². The normalized spacial score (nSPS) is 19.1. The van der Waals surface area contributed by atoms with Gasteiger partial charge in [0.2, 0.25) is 0 Å². The third-order valence-electron chi connectivity index (χ3n) is 7.69. The summed E-state index contributed by atoms with van der Waals surface area (Å²) >= 11 is 0. The molecule has 4 aromatic rings. The second-order valence-electron chi connectivity index (χ2n) is 10.5. The van der Waals surface area contributed by atoms with Gasteiger partial charge < -0.3 is 5.32 Å². The molecule has 0 amide bonds. The summed E-state index contributed by atoms with van der Waals surface area (Å²) in [6.45, 7) is 3.68. The Morgan fingerprint density at radius 2 is 1.85 bits per heavy atom. The van der Waals surface area contributed by atoms with Gasteiger partial charge in [-0.3, -0.25) is 14.8 Å². The lowest BCUT2D eigenvalue weighted by molar-refractivity contribution is -0.119. The number of fused-ring (bicyclic) bond motifs is 1. The molecule has 7 nitrogen and oxygen atoms in total. The van der Waals surface area contributed by atoms with E-state index < -0.39 is 9.84 Å². The van der Waals surface area contributed by atoms with Crippen LogP contribution in [0.25, 0.3) is 16.3 Å². The first kappa shape index (κ1) is 25.5. The summed E-state index contributed by atoms with van der Waals surface area (Å²) in [6, 6.07) is 13.1. The number of Topliss-reactive ketones (excluding diaryl/α,β-unsaturated/α-hetero) is 1. The highest BCUT2D eigenvalue weighted by atomic mass is 32.2. The molecule has 2 atom stereocenters. The van der Waals surface area contributed by atoms with Crippen LogP contribution in [0.2, 0.25) is 0 Å². The van der Waals surface area contributed by atoms with Crippen molar-refractivity contribution in [3.63, 3.8) is 0 Å². The molecule has 2 aliphatic rings. The van der Waals surface area contributed by atoms with Gasteiger partial charge in [0.25, 0.3) is 0 Å². The van der Waals surface area contributed by atoms with Crippen LogP contribution in [0.4, 0.5) is 0 Å². The van der Waals surface area contributed by atoms with E-state index in [9.17, 15) is 13.2 Å². The molecule has 0 spiro atoms. The first-order valence-corrected chi connectivity index (χ1v) is 14.9. The number of ketones is 1. The van der Waals surface area contributed by atoms with Gasteiger partial charge in [0.1, 0.15) is 5.78 Å². The minimum absolute atomic E-state index is 0.0241. The summed E-state index contributed by atoms with van der Waals surface area (Å²) < 4.78 is 26.3. The molecule has 1 saturated carbocycles. The van der Waals surface area contributed by atoms with Crippen LogP contribution in [0, 0.1) is 12.8 Å². The number of aromatic nitrogens is 3. The molecule has 198 valence electrons. The second-order valence-corrected chi connectivity index (χ2v) is 12.5. The number of pyridine rings is 1. The van der Waals surface area contributed by atoms with Gasteiger partial charge in [-0.2, -0.15) is 0 Å². The Kier molecular flexibility index (Phi) is 6.83. The van der Waals surface area contributed by atoms with Crippen molar-refractivity contribution in [3.05, 3.63) is 101 Å². The van der Waals surface area contributed by atoms with E-state index >= 15 is 0 Å². The molecule has 1 aliphatic carbocycles. The minimum Gasteiger partial charge on any atom is -0.313 e. The summed E-state index contributed by atoms with van der Waals surface area (Å²) in [5.74, 6) is 0.139. The van der Waals surface area contributed by atoms with Crippen molar-refractivity contribution in [2.45, 2.75) is 42.8 Å². The van der Waals surface area contributed by atoms with Crippen LogP contribution in [0.3, 0.4) is 0 Å². The Morgan fingerprint density at radius 1 is 1.03 bits per heavy atom. The lowest BCUT2D eigenvalue weighted by Gasteiger charge is -2.13. The average molecular weight is 539 g/mol. The maximum absolute atomic E-state index is 13.1. The predicted molar refractivity (Wildman–Crippen MR) is 151 cm³/mol. The van der Waals surface area contributed by atoms with Gasteiger partial charge in [0.15, 0.2) is 9.84 Å². The number of carbonyl (C=O) groups excluding carboxylic acids is 1. The molecular formula is C31H30N4O3S. The fourth-order valence-corrected chi connectivity index (χ4v) is 6.65. The largest absolute Gasteiger partial charge is 0.313 e. The van der Waals surface area contributed by atoms with Crippen molar-refractivity contribution in [1.29, 1.82) is 0 Å². The summed E-state index contributed by atoms with van der Waals surface area (Å²) in [7, 11) is -3.58. The average Bonchev–Trinajstić information content (AvgIpc) is 3.76. The van der Waals surface area contributed by atoms with Crippen molar-refractivity contribution >= 4 is 32.0 Å². The van der Waals surface area contributed by atoms with Gasteiger partial charge in [-0.1, -0.05) is 36.4 Å². The lowest BCUT2D eigenvalue weighted by Crippen LogP contribution is -2.20. The fourth-order valence-electron chi connectivity index (χ4n) is 5.40. The molecule has 0 saturated heterocycles. The van der Waals surface area contributed by atoms with E-state index in [-0.39, 0.29) is 28.3 Å². The van der Waals surface area contributed by atoms with Gasteiger partial charge in [-0.15, -0.1) is 0 Å². The summed E-state index contributed by atoms with van der Waals surface area (Å²) in [5, 5.41) is 5.46. The molecular weight excluding hydrogens is 508 g/mol. The third-order valence-corrected chi connectivity index (χ3v) is 9.36. The van der Waals surface area contributed by atoms with E-state index in [1.807, 2.05) is 43.6 Å². The molecule has 6 rings (SSSR count). The van der Waals surface area contributed by atoms with Crippen molar-refractivity contribution in [2.75, 3.05) is 13.1 Å². The van der Waals surface area contributed by atoms with Crippen LogP contribution < -0.4 is 5.32 Å². The van der Waals surface area contributed by atoms with Crippen LogP contribution in [0.5, 0.6) is 0 Å². The molecule has 8 heteroatoms. The van der Waals surface area contributed by atoms with Crippen LogP contribution in [0.1, 0.15) is 46.8 Å². The molecule has 1 aliphatic heterocycles. The minimum atomic E-state index is -3.58. The third kappa shape index (κ3) is 5.53. The van der Waals surface area contributed by atoms with Crippen LogP contribution in [0.15, 0.2) is 78.2 Å². The fraction of sp³-hybridized carbons (Fsp3) is 0.290. The Balaban J connectivity index is 1.10. The topological polar surface area (TPSA) is 102 Å². The summed E-state index contributed by atoms with van der Waals surface area (Å²) in [6.07, 6.45) is 11.0. The van der Waals surface area contributed by atoms with Crippen molar-refractivity contribution in [2.24, 2.45) is 5.92 Å². The first-order valence-electron chi connectivity index (χ1n) is 13.3. The van der Waals surface area contributed by atoms with Gasteiger partial charge >= 0.3 is 0 Å². The molecule has 1 N–H and O–H groups in total. The molecule has 2 aromatic carbocycles. The first-order chi connectivity index (χ1) is 18.9. The van der Waals surface area contributed by atoms with Crippen LogP contribution in [-0.2, 0) is 26.8 Å². The zero-order valence-electron chi connectivity index (χ0n) is 21.8. The monoisotopic (exact) mass is 538 g/mol. The van der Waals surface area contributed by atoms with Crippen LogP contribution in [-0.4, -0.2) is 42.2 Å². The maximum Gasteiger partial charge on any atom is 0.184 e. The van der Waals surface area contributed by atoms with Crippen molar-refractivity contribution < 1.29 is 13.2 Å². The van der Waals surface area contributed by atoms with Crippen LogP contribution >= 0.6 is 0 Å². The summed E-state index contributed by atoms with van der Waals surface area (Å²) in [5.41, 5.74) is 5.38. The Hall–Kier alpha value is -3.75. The number of nitrogens with zero attached hydrogens (tertiary/aromatic N) is 3. The zero-order chi connectivity index (χ0) is 27.0. The van der Waals surface area contributed by atoms with E-state index in [0.717, 1.165) is 64.7 Å². The molecule has 39 heavy (non-hydrogen) atoms. The Bertz CT molecular complexity index is 1700. The SMILES string of the molecule is Cc1cncc2ccc(CC(=O)[C@@H]3CC3c3ccc(S(=O)(=O)Cc4cncc(C5=CCNCC5)n4)cc3)cc12. The van der Waals surface area contributed by atoms with E-state index in [0.29, 0.717) is 12.1 Å².